The highest BCUT2D eigenvalue weighted by Crippen LogP contribution is 2.32. The lowest BCUT2D eigenvalue weighted by atomic mass is 9.93. The number of likely N-dealkylation sites (tertiary alicyclic amines) is 2. The van der Waals surface area contributed by atoms with E-state index in [2.05, 4.69) is 10.6 Å². The maximum Gasteiger partial charge on any atom is 0.307 e. The van der Waals surface area contributed by atoms with Crippen molar-refractivity contribution in [3.8, 4) is 11.3 Å². The van der Waals surface area contributed by atoms with Gasteiger partial charge in [0.15, 0.2) is 5.78 Å². The molecule has 2 aliphatic rings. The SMILES string of the molecule is CN[C@@H](C(=O)N1CCC[C@H]1C(=O)Cc1ccc2oc(-c3ccc(NC(=O)[C@@H]4CCCN4C(=O)[C@H](CC(=O)OC(C)C)c4ccccc4)cc3)cc2c1)c1ccccc1. The first-order chi connectivity index (χ1) is 28.1. The molecule has 11 heteroatoms. The normalized spacial score (nSPS) is 17.7. The fourth-order valence-electron chi connectivity index (χ4n) is 8.23. The van der Waals surface area contributed by atoms with Gasteiger partial charge in [0.2, 0.25) is 17.7 Å². The van der Waals surface area contributed by atoms with E-state index in [1.165, 1.54) is 0 Å². The summed E-state index contributed by atoms with van der Waals surface area (Å²) in [5.74, 6) is -1.21. The van der Waals surface area contributed by atoms with Crippen LogP contribution in [0.1, 0.15) is 74.6 Å². The lowest BCUT2D eigenvalue weighted by Crippen LogP contribution is -2.46. The number of amides is 3. The number of anilines is 1. The Bertz CT molecular complexity index is 2250. The molecule has 0 unspecified atom stereocenters. The molecular formula is C47H50N4O7. The number of hydrogen-bond donors (Lipinski definition) is 2. The number of ether oxygens (including phenoxy) is 1. The third-order valence-corrected chi connectivity index (χ3v) is 11.0. The number of benzene rings is 4. The number of likely N-dealkylation sites (N-methyl/N-ethyl adjacent to an activating group) is 1. The van der Waals surface area contributed by atoms with Crippen molar-refractivity contribution >= 4 is 46.1 Å². The van der Waals surface area contributed by atoms with E-state index in [0.29, 0.717) is 54.9 Å². The number of rotatable bonds is 14. The average Bonchev–Trinajstić information content (AvgIpc) is 4.01. The zero-order valence-electron chi connectivity index (χ0n) is 33.2. The number of fused-ring (bicyclic) bond motifs is 1. The Hall–Kier alpha value is -6.07. The van der Waals surface area contributed by atoms with Gasteiger partial charge in [0.1, 0.15) is 23.4 Å². The molecule has 0 aliphatic carbocycles. The summed E-state index contributed by atoms with van der Waals surface area (Å²) >= 11 is 0. The van der Waals surface area contributed by atoms with Gasteiger partial charge in [-0.3, -0.25) is 24.0 Å². The Morgan fingerprint density at radius 1 is 0.759 bits per heavy atom. The topological polar surface area (TPSA) is 138 Å². The van der Waals surface area contributed by atoms with E-state index in [1.807, 2.05) is 97.1 Å². The van der Waals surface area contributed by atoms with E-state index in [0.717, 1.165) is 28.5 Å². The Balaban J connectivity index is 0.985. The first-order valence-corrected chi connectivity index (χ1v) is 20.1. The number of nitrogens with zero attached hydrogens (tertiary/aromatic N) is 2. The van der Waals surface area contributed by atoms with Gasteiger partial charge in [-0.15, -0.1) is 0 Å². The van der Waals surface area contributed by atoms with Gasteiger partial charge in [-0.1, -0.05) is 66.7 Å². The number of carbonyl (C=O) groups excluding carboxylic acids is 5. The number of esters is 1. The molecule has 0 radical (unpaired) electrons. The van der Waals surface area contributed by atoms with Crippen molar-refractivity contribution in [2.45, 2.75) is 82.5 Å². The minimum absolute atomic E-state index is 0.0157. The second-order valence-electron chi connectivity index (χ2n) is 15.4. The third kappa shape index (κ3) is 9.05. The predicted molar refractivity (Wildman–Crippen MR) is 222 cm³/mol. The van der Waals surface area contributed by atoms with Crippen LogP contribution in [0.25, 0.3) is 22.3 Å². The van der Waals surface area contributed by atoms with E-state index in [9.17, 15) is 24.0 Å². The van der Waals surface area contributed by atoms with Crippen LogP contribution >= 0.6 is 0 Å². The molecule has 7 rings (SSSR count). The molecule has 5 aromatic rings. The molecule has 0 saturated carbocycles. The molecule has 3 amide bonds. The molecule has 1 aromatic heterocycles. The van der Waals surface area contributed by atoms with Crippen molar-refractivity contribution in [3.63, 3.8) is 0 Å². The first-order valence-electron chi connectivity index (χ1n) is 20.1. The van der Waals surface area contributed by atoms with E-state index < -0.39 is 30.0 Å². The van der Waals surface area contributed by atoms with E-state index in [-0.39, 0.29) is 42.5 Å². The highest BCUT2D eigenvalue weighted by molar-refractivity contribution is 5.99. The second kappa shape index (κ2) is 18.0. The number of nitrogens with one attached hydrogen (secondary N) is 2. The Kier molecular flexibility index (Phi) is 12.5. The second-order valence-corrected chi connectivity index (χ2v) is 15.4. The van der Waals surface area contributed by atoms with Gasteiger partial charge < -0.3 is 29.6 Å². The number of ketones is 1. The summed E-state index contributed by atoms with van der Waals surface area (Å²) in [7, 11) is 1.76. The summed E-state index contributed by atoms with van der Waals surface area (Å²) in [4.78, 5) is 70.8. The van der Waals surface area contributed by atoms with Crippen LogP contribution in [0.3, 0.4) is 0 Å². The van der Waals surface area contributed by atoms with Crippen molar-refractivity contribution in [1.29, 1.82) is 0 Å². The lowest BCUT2D eigenvalue weighted by Gasteiger charge is -2.28. The summed E-state index contributed by atoms with van der Waals surface area (Å²) < 4.78 is 11.6. The van der Waals surface area contributed by atoms with Crippen LogP contribution in [0.15, 0.2) is 114 Å². The quantitative estimate of drug-likeness (QED) is 0.113. The molecule has 2 aliphatic heterocycles. The van der Waals surface area contributed by atoms with Crippen molar-refractivity contribution in [2.24, 2.45) is 0 Å². The van der Waals surface area contributed by atoms with Gasteiger partial charge in [0.05, 0.1) is 24.5 Å². The van der Waals surface area contributed by atoms with Gasteiger partial charge in [-0.2, -0.15) is 0 Å². The van der Waals surface area contributed by atoms with E-state index in [1.54, 1.807) is 42.8 Å². The molecular weight excluding hydrogens is 733 g/mol. The van der Waals surface area contributed by atoms with E-state index in [4.69, 9.17) is 9.15 Å². The maximum atomic E-state index is 14.0. The Morgan fingerprint density at radius 2 is 1.40 bits per heavy atom. The third-order valence-electron chi connectivity index (χ3n) is 11.0. The molecule has 58 heavy (non-hydrogen) atoms. The number of carbonyl (C=O) groups is 5. The van der Waals surface area contributed by atoms with Gasteiger partial charge in [0.25, 0.3) is 0 Å². The average molecular weight is 783 g/mol. The predicted octanol–water partition coefficient (Wildman–Crippen LogP) is 7.22. The minimum atomic E-state index is -0.759. The fraction of sp³-hybridized carbons (Fsp3) is 0.340. The van der Waals surface area contributed by atoms with Crippen LogP contribution in [0.4, 0.5) is 5.69 Å². The van der Waals surface area contributed by atoms with Crippen LogP contribution in [0, 0.1) is 0 Å². The number of furan rings is 1. The van der Waals surface area contributed by atoms with Gasteiger partial charge in [-0.05, 0) is 106 Å². The molecule has 2 saturated heterocycles. The zero-order valence-corrected chi connectivity index (χ0v) is 33.2. The van der Waals surface area contributed by atoms with Crippen LogP contribution < -0.4 is 10.6 Å². The van der Waals surface area contributed by atoms with Crippen LogP contribution in [-0.2, 0) is 35.1 Å². The van der Waals surface area contributed by atoms with Crippen LogP contribution in [0.5, 0.6) is 0 Å². The Morgan fingerprint density at radius 3 is 2.05 bits per heavy atom. The summed E-state index contributed by atoms with van der Waals surface area (Å²) in [5, 5.41) is 6.96. The Labute approximate surface area is 338 Å². The van der Waals surface area contributed by atoms with Crippen LogP contribution in [0.2, 0.25) is 0 Å². The summed E-state index contributed by atoms with van der Waals surface area (Å²) in [6.45, 7) is 4.52. The number of Topliss-reactive ketones (excluding diaryl/α,β-unsaturated/α-hetero) is 1. The van der Waals surface area contributed by atoms with Crippen LogP contribution in [-0.4, -0.2) is 77.6 Å². The molecule has 0 bridgehead atoms. The molecule has 300 valence electrons. The largest absolute Gasteiger partial charge is 0.463 e. The van der Waals surface area contributed by atoms with Crippen molar-refractivity contribution in [1.82, 2.24) is 15.1 Å². The van der Waals surface area contributed by atoms with Crippen molar-refractivity contribution in [3.05, 3.63) is 126 Å². The van der Waals surface area contributed by atoms with Crippen molar-refractivity contribution in [2.75, 3.05) is 25.5 Å². The standard InChI is InChI=1S/C47H50N4O7/c1-30(2)57-43(53)29-37(32-12-6-4-7-13-32)46(55)51-25-11-17-39(51)45(54)49-36-21-19-33(20-22-36)42-28-35-26-31(18-23-41(35)58-42)27-40(52)38-16-10-24-50(38)47(56)44(48-3)34-14-8-5-9-15-34/h4-9,12-15,18-23,26,28,30,37-39,44,48H,10-11,16-17,24-25,27,29H2,1-3H3,(H,49,54)/t37-,38+,39+,44-/m1/s1. The zero-order chi connectivity index (χ0) is 40.8. The molecule has 3 heterocycles. The van der Waals surface area contributed by atoms with E-state index >= 15 is 0 Å². The minimum Gasteiger partial charge on any atom is -0.463 e. The molecule has 4 aromatic carbocycles. The van der Waals surface area contributed by atoms with Gasteiger partial charge in [-0.25, -0.2) is 0 Å². The molecule has 11 nitrogen and oxygen atoms in total. The highest BCUT2D eigenvalue weighted by Gasteiger charge is 2.39. The summed E-state index contributed by atoms with van der Waals surface area (Å²) in [6.07, 6.45) is 2.41. The highest BCUT2D eigenvalue weighted by atomic mass is 16.5. The lowest BCUT2D eigenvalue weighted by molar-refractivity contribution is -0.150. The molecule has 2 N–H and O–H groups in total. The fourth-order valence-corrected chi connectivity index (χ4v) is 8.23. The molecule has 4 atom stereocenters. The van der Waals surface area contributed by atoms with Gasteiger partial charge in [0, 0.05) is 36.1 Å². The van der Waals surface area contributed by atoms with Gasteiger partial charge >= 0.3 is 5.97 Å². The summed E-state index contributed by atoms with van der Waals surface area (Å²) in [6, 6.07) is 32.0. The smallest absolute Gasteiger partial charge is 0.307 e. The molecule has 2 fully saturated rings. The summed E-state index contributed by atoms with van der Waals surface area (Å²) in [5.41, 5.74) is 4.49. The first kappa shape index (κ1) is 40.1. The maximum absolute atomic E-state index is 14.0. The number of hydrogen-bond acceptors (Lipinski definition) is 8. The monoisotopic (exact) mass is 782 g/mol. The van der Waals surface area contributed by atoms with Crippen molar-refractivity contribution < 1.29 is 33.1 Å². The molecule has 0 spiro atoms.